The van der Waals surface area contributed by atoms with E-state index in [1.165, 1.54) is 0 Å². The molecule has 2 rings (SSSR count). The van der Waals surface area contributed by atoms with Crippen LogP contribution in [0.15, 0.2) is 18.2 Å². The first-order valence-corrected chi connectivity index (χ1v) is 7.01. The fraction of sp³-hybridized carbons (Fsp3) is 0.462. The summed E-state index contributed by atoms with van der Waals surface area (Å²) in [6.07, 6.45) is 0.0228. The number of phenolic OH excluding ortho intramolecular Hbond substituents is 1. The monoisotopic (exact) mass is 313 g/mol. The number of nitrogens with zero attached hydrogens (tertiary/aromatic N) is 1. The molecule has 0 bridgehead atoms. The molecular formula is C13H16BrNO3. The molecule has 18 heavy (non-hydrogen) atoms. The van der Waals surface area contributed by atoms with Crippen LogP contribution >= 0.6 is 15.9 Å². The molecule has 0 aliphatic carbocycles. The number of halogens is 1. The minimum atomic E-state index is -0.134. The SMILES string of the molecule is Cc1cccc(C(=O)N2CCOC(CBr)C2)c1O. The highest BCUT2D eigenvalue weighted by atomic mass is 79.9. The van der Waals surface area contributed by atoms with Crippen molar-refractivity contribution in [2.24, 2.45) is 0 Å². The number of morpholine rings is 1. The number of alkyl halides is 1. The summed E-state index contributed by atoms with van der Waals surface area (Å²) in [4.78, 5) is 14.1. The zero-order chi connectivity index (χ0) is 13.1. The summed E-state index contributed by atoms with van der Waals surface area (Å²) in [5.41, 5.74) is 1.08. The summed E-state index contributed by atoms with van der Waals surface area (Å²) in [6.45, 7) is 3.44. The van der Waals surface area contributed by atoms with Crippen LogP contribution < -0.4 is 0 Å². The number of aryl methyl sites for hydroxylation is 1. The van der Waals surface area contributed by atoms with Crippen LogP contribution in [-0.2, 0) is 4.74 Å². The lowest BCUT2D eigenvalue weighted by Crippen LogP contribution is -2.46. The van der Waals surface area contributed by atoms with Gasteiger partial charge in [-0.3, -0.25) is 4.79 Å². The molecule has 1 amide bonds. The maximum atomic E-state index is 12.3. The van der Waals surface area contributed by atoms with Gasteiger partial charge in [-0.25, -0.2) is 0 Å². The molecular weight excluding hydrogens is 298 g/mol. The second kappa shape index (κ2) is 5.71. The molecule has 5 heteroatoms. The van der Waals surface area contributed by atoms with Gasteiger partial charge in [0.05, 0.1) is 18.3 Å². The number of carbonyl (C=O) groups excluding carboxylic acids is 1. The van der Waals surface area contributed by atoms with Crippen molar-refractivity contribution >= 4 is 21.8 Å². The first-order valence-electron chi connectivity index (χ1n) is 5.89. The predicted octanol–water partition coefficient (Wildman–Crippen LogP) is 1.94. The van der Waals surface area contributed by atoms with Gasteiger partial charge in [0, 0.05) is 18.4 Å². The number of hydrogen-bond acceptors (Lipinski definition) is 3. The molecule has 1 N–H and O–H groups in total. The number of ether oxygens (including phenoxy) is 1. The first-order chi connectivity index (χ1) is 8.63. The van der Waals surface area contributed by atoms with Crippen molar-refractivity contribution < 1.29 is 14.6 Å². The molecule has 4 nitrogen and oxygen atoms in total. The zero-order valence-corrected chi connectivity index (χ0v) is 11.8. The smallest absolute Gasteiger partial charge is 0.257 e. The van der Waals surface area contributed by atoms with Gasteiger partial charge in [0.25, 0.3) is 5.91 Å². The van der Waals surface area contributed by atoms with Gasteiger partial charge in [-0.2, -0.15) is 0 Å². The average Bonchev–Trinajstić information content (AvgIpc) is 2.41. The number of rotatable bonds is 2. The lowest BCUT2D eigenvalue weighted by atomic mass is 10.1. The molecule has 1 unspecified atom stereocenters. The van der Waals surface area contributed by atoms with E-state index in [0.717, 1.165) is 0 Å². The van der Waals surface area contributed by atoms with Crippen LogP contribution in [0.5, 0.6) is 5.75 Å². The highest BCUT2D eigenvalue weighted by Gasteiger charge is 2.26. The second-order valence-electron chi connectivity index (χ2n) is 4.37. The van der Waals surface area contributed by atoms with Gasteiger partial charge in [-0.1, -0.05) is 28.1 Å². The van der Waals surface area contributed by atoms with Crippen molar-refractivity contribution in [1.29, 1.82) is 0 Å². The highest BCUT2D eigenvalue weighted by Crippen LogP contribution is 2.23. The van der Waals surface area contributed by atoms with Crippen LogP contribution in [0.1, 0.15) is 15.9 Å². The van der Waals surface area contributed by atoms with Crippen molar-refractivity contribution in [2.75, 3.05) is 25.0 Å². The van der Waals surface area contributed by atoms with Crippen molar-refractivity contribution in [3.63, 3.8) is 0 Å². The molecule has 1 aromatic carbocycles. The summed E-state index contributed by atoms with van der Waals surface area (Å²) in [6, 6.07) is 5.22. The first kappa shape index (κ1) is 13.4. The van der Waals surface area contributed by atoms with Crippen molar-refractivity contribution in [3.8, 4) is 5.75 Å². The zero-order valence-electron chi connectivity index (χ0n) is 10.2. The Morgan fingerprint density at radius 2 is 2.39 bits per heavy atom. The van der Waals surface area contributed by atoms with Crippen molar-refractivity contribution in [3.05, 3.63) is 29.3 Å². The van der Waals surface area contributed by atoms with Crippen LogP contribution in [0.3, 0.4) is 0 Å². The molecule has 1 atom stereocenters. The number of hydrogen-bond donors (Lipinski definition) is 1. The third-order valence-corrected chi connectivity index (χ3v) is 3.79. The van der Waals surface area contributed by atoms with Gasteiger partial charge in [-0.15, -0.1) is 0 Å². The molecule has 0 radical (unpaired) electrons. The molecule has 1 saturated heterocycles. The fourth-order valence-corrected chi connectivity index (χ4v) is 2.39. The molecule has 1 aliphatic rings. The van der Waals surface area contributed by atoms with E-state index in [1.54, 1.807) is 30.0 Å². The maximum Gasteiger partial charge on any atom is 0.257 e. The summed E-state index contributed by atoms with van der Waals surface area (Å²) in [7, 11) is 0. The Morgan fingerprint density at radius 3 is 3.11 bits per heavy atom. The van der Waals surface area contributed by atoms with E-state index in [4.69, 9.17) is 4.74 Å². The lowest BCUT2D eigenvalue weighted by Gasteiger charge is -2.32. The van der Waals surface area contributed by atoms with Gasteiger partial charge in [-0.05, 0) is 18.6 Å². The minimum Gasteiger partial charge on any atom is -0.507 e. The largest absolute Gasteiger partial charge is 0.507 e. The van der Waals surface area contributed by atoms with Gasteiger partial charge in [0.15, 0.2) is 0 Å². The Hall–Kier alpha value is -1.07. The normalized spacial score (nSPS) is 19.9. The predicted molar refractivity (Wildman–Crippen MR) is 72.3 cm³/mol. The molecule has 1 aromatic rings. The summed E-state index contributed by atoms with van der Waals surface area (Å²) < 4.78 is 5.49. The number of para-hydroxylation sites is 1. The average molecular weight is 314 g/mol. The molecule has 0 spiro atoms. The minimum absolute atomic E-state index is 0.0228. The quantitative estimate of drug-likeness (QED) is 0.849. The van der Waals surface area contributed by atoms with E-state index in [0.29, 0.717) is 36.2 Å². The number of carbonyl (C=O) groups is 1. The van der Waals surface area contributed by atoms with Crippen LogP contribution in [0.25, 0.3) is 0 Å². The summed E-state index contributed by atoms with van der Waals surface area (Å²) in [5, 5.41) is 10.6. The van der Waals surface area contributed by atoms with E-state index >= 15 is 0 Å². The van der Waals surface area contributed by atoms with Crippen molar-refractivity contribution in [2.45, 2.75) is 13.0 Å². The van der Waals surface area contributed by atoms with Gasteiger partial charge >= 0.3 is 0 Å². The topological polar surface area (TPSA) is 49.8 Å². The Kier molecular flexibility index (Phi) is 4.24. The van der Waals surface area contributed by atoms with Crippen molar-refractivity contribution in [1.82, 2.24) is 4.90 Å². The molecule has 0 aromatic heterocycles. The highest BCUT2D eigenvalue weighted by molar-refractivity contribution is 9.09. The van der Waals surface area contributed by atoms with Crippen LogP contribution in [0.4, 0.5) is 0 Å². The number of amides is 1. The van der Waals surface area contributed by atoms with E-state index in [-0.39, 0.29) is 17.8 Å². The van der Waals surface area contributed by atoms with E-state index in [2.05, 4.69) is 15.9 Å². The van der Waals surface area contributed by atoms with Gasteiger partial charge < -0.3 is 14.7 Å². The molecule has 1 fully saturated rings. The van der Waals surface area contributed by atoms with Crippen LogP contribution in [0, 0.1) is 6.92 Å². The summed E-state index contributed by atoms with van der Waals surface area (Å²) in [5.74, 6) is -0.0603. The van der Waals surface area contributed by atoms with Crippen LogP contribution in [0.2, 0.25) is 0 Å². The van der Waals surface area contributed by atoms with Crippen LogP contribution in [-0.4, -0.2) is 47.0 Å². The van der Waals surface area contributed by atoms with Gasteiger partial charge in [0.2, 0.25) is 0 Å². The van der Waals surface area contributed by atoms with Gasteiger partial charge in [0.1, 0.15) is 5.75 Å². The van der Waals surface area contributed by atoms with E-state index in [9.17, 15) is 9.90 Å². The number of benzene rings is 1. The fourth-order valence-electron chi connectivity index (χ4n) is 2.00. The third kappa shape index (κ3) is 2.67. The Labute approximate surface area is 115 Å². The standard InChI is InChI=1S/C13H16BrNO3/c1-9-3-2-4-11(12(9)16)13(17)15-5-6-18-10(7-14)8-15/h2-4,10,16H,5-8H2,1H3. The van der Waals surface area contributed by atoms with E-state index in [1.807, 2.05) is 0 Å². The molecule has 98 valence electrons. The summed E-state index contributed by atoms with van der Waals surface area (Å²) >= 11 is 3.36. The number of phenols is 1. The second-order valence-corrected chi connectivity index (χ2v) is 5.02. The Morgan fingerprint density at radius 1 is 1.61 bits per heavy atom. The Balaban J connectivity index is 2.18. The molecule has 0 saturated carbocycles. The molecule has 1 heterocycles. The number of aromatic hydroxyl groups is 1. The maximum absolute atomic E-state index is 12.3. The Bertz CT molecular complexity index is 450. The van der Waals surface area contributed by atoms with E-state index < -0.39 is 0 Å². The third-order valence-electron chi connectivity index (χ3n) is 3.07. The lowest BCUT2D eigenvalue weighted by molar-refractivity contribution is -0.00975. The molecule has 1 aliphatic heterocycles.